The van der Waals surface area contributed by atoms with Crippen LogP contribution >= 0.6 is 0 Å². The molecule has 0 radical (unpaired) electrons. The summed E-state index contributed by atoms with van der Waals surface area (Å²) in [7, 11) is 0. The highest BCUT2D eigenvalue weighted by atomic mass is 16.6. The fraction of sp³-hybridized carbons (Fsp3) is 0.346. The summed E-state index contributed by atoms with van der Waals surface area (Å²) < 4.78 is 16.2. The second kappa shape index (κ2) is 9.81. The van der Waals surface area contributed by atoms with Crippen LogP contribution in [0.1, 0.15) is 50.5 Å². The van der Waals surface area contributed by atoms with E-state index in [0.29, 0.717) is 17.0 Å². The Balaban J connectivity index is 2.00. The Hall–Kier alpha value is -3.41. The quantitative estimate of drug-likeness (QED) is 0.443. The van der Waals surface area contributed by atoms with Crippen molar-refractivity contribution in [3.8, 4) is 17.0 Å². The number of ether oxygens (including phenoxy) is 3. The van der Waals surface area contributed by atoms with E-state index in [1.54, 1.807) is 39.8 Å². The molecule has 0 fully saturated rings. The van der Waals surface area contributed by atoms with Crippen LogP contribution in [-0.2, 0) is 20.7 Å². The van der Waals surface area contributed by atoms with E-state index in [-0.39, 0.29) is 13.2 Å². The van der Waals surface area contributed by atoms with Gasteiger partial charge in [-0.15, -0.1) is 0 Å². The van der Waals surface area contributed by atoms with Crippen LogP contribution in [0.15, 0.2) is 48.5 Å². The third kappa shape index (κ3) is 5.07. The van der Waals surface area contributed by atoms with Crippen molar-refractivity contribution in [2.75, 3.05) is 13.2 Å². The van der Waals surface area contributed by atoms with Gasteiger partial charge in [0.15, 0.2) is 5.60 Å². The predicted molar refractivity (Wildman–Crippen MR) is 124 cm³/mol. The maximum atomic E-state index is 12.7. The topological polar surface area (TPSA) is 74.7 Å². The number of rotatable bonds is 8. The van der Waals surface area contributed by atoms with Gasteiger partial charge in [0.25, 0.3) is 0 Å². The van der Waals surface area contributed by atoms with E-state index < -0.39 is 17.5 Å². The summed E-state index contributed by atoms with van der Waals surface area (Å²) in [5.74, 6) is -0.338. The van der Waals surface area contributed by atoms with E-state index in [2.05, 4.69) is 6.92 Å². The molecule has 3 rings (SSSR count). The maximum Gasteiger partial charge on any atom is 0.349 e. The fourth-order valence-electron chi connectivity index (χ4n) is 3.34. The number of carbonyl (C=O) groups is 2. The zero-order valence-electron chi connectivity index (χ0n) is 19.2. The second-order valence-electron chi connectivity index (χ2n) is 7.84. The first-order valence-corrected chi connectivity index (χ1v) is 10.9. The third-order valence-corrected chi connectivity index (χ3v) is 5.05. The SMILES string of the molecule is CCOC(=O)c1cc2ccc(CC)cc2nc1-c1ccc(OC(C)(C)C(=O)OCC)cc1. The molecule has 0 saturated carbocycles. The van der Waals surface area contributed by atoms with E-state index in [1.165, 1.54) is 5.56 Å². The molecule has 6 nitrogen and oxygen atoms in total. The van der Waals surface area contributed by atoms with Crippen molar-refractivity contribution < 1.29 is 23.8 Å². The number of hydrogen-bond donors (Lipinski definition) is 0. The zero-order chi connectivity index (χ0) is 23.3. The van der Waals surface area contributed by atoms with Gasteiger partial charge in [0.2, 0.25) is 0 Å². The van der Waals surface area contributed by atoms with Crippen LogP contribution in [0.5, 0.6) is 5.75 Å². The van der Waals surface area contributed by atoms with Crippen molar-refractivity contribution in [3.05, 3.63) is 59.7 Å². The molecule has 3 aromatic rings. The van der Waals surface area contributed by atoms with Crippen molar-refractivity contribution in [1.82, 2.24) is 4.98 Å². The van der Waals surface area contributed by atoms with Gasteiger partial charge < -0.3 is 14.2 Å². The lowest BCUT2D eigenvalue weighted by Gasteiger charge is -2.24. The monoisotopic (exact) mass is 435 g/mol. The van der Waals surface area contributed by atoms with Gasteiger partial charge in [-0.1, -0.05) is 19.1 Å². The molecule has 0 aliphatic heterocycles. The van der Waals surface area contributed by atoms with Gasteiger partial charge in [-0.25, -0.2) is 14.6 Å². The minimum Gasteiger partial charge on any atom is -0.476 e. The lowest BCUT2D eigenvalue weighted by Crippen LogP contribution is -2.39. The van der Waals surface area contributed by atoms with Crippen LogP contribution < -0.4 is 4.74 Å². The predicted octanol–water partition coefficient (Wildman–Crippen LogP) is 5.36. The van der Waals surface area contributed by atoms with Crippen LogP contribution in [0.25, 0.3) is 22.2 Å². The Morgan fingerprint density at radius 2 is 1.59 bits per heavy atom. The van der Waals surface area contributed by atoms with E-state index >= 15 is 0 Å². The van der Waals surface area contributed by atoms with Gasteiger partial charge in [-0.3, -0.25) is 0 Å². The molecule has 0 bridgehead atoms. The average Bonchev–Trinajstić information content (AvgIpc) is 2.78. The molecule has 2 aromatic carbocycles. The molecule has 1 aromatic heterocycles. The normalized spacial score (nSPS) is 11.3. The summed E-state index contributed by atoms with van der Waals surface area (Å²) in [6, 6.07) is 15.0. The number of esters is 2. The van der Waals surface area contributed by atoms with Crippen LogP contribution in [0.4, 0.5) is 0 Å². The second-order valence-corrected chi connectivity index (χ2v) is 7.84. The minimum absolute atomic E-state index is 0.279. The van der Waals surface area contributed by atoms with Crippen molar-refractivity contribution in [1.29, 1.82) is 0 Å². The number of aromatic nitrogens is 1. The standard InChI is InChI=1S/C26H29NO5/c1-6-17-9-10-19-16-21(24(28)30-7-2)23(27-22(19)15-17)18-11-13-20(14-12-18)32-26(4,5)25(29)31-8-3/h9-16H,6-8H2,1-5H3. The molecular weight excluding hydrogens is 406 g/mol. The summed E-state index contributed by atoms with van der Waals surface area (Å²) >= 11 is 0. The molecular formula is C26H29NO5. The van der Waals surface area contributed by atoms with Gasteiger partial charge in [0, 0.05) is 10.9 Å². The lowest BCUT2D eigenvalue weighted by molar-refractivity contribution is -0.158. The highest BCUT2D eigenvalue weighted by Gasteiger charge is 2.31. The molecule has 1 heterocycles. The van der Waals surface area contributed by atoms with Crippen LogP contribution in [0.2, 0.25) is 0 Å². The average molecular weight is 436 g/mol. The fourth-order valence-corrected chi connectivity index (χ4v) is 3.34. The smallest absolute Gasteiger partial charge is 0.349 e. The van der Waals surface area contributed by atoms with E-state index in [1.807, 2.05) is 36.4 Å². The first-order chi connectivity index (χ1) is 15.3. The number of nitrogens with zero attached hydrogens (tertiary/aromatic N) is 1. The van der Waals surface area contributed by atoms with Crippen molar-refractivity contribution in [2.24, 2.45) is 0 Å². The Bertz CT molecular complexity index is 1120. The minimum atomic E-state index is -1.12. The van der Waals surface area contributed by atoms with Crippen LogP contribution in [0.3, 0.4) is 0 Å². The number of carbonyl (C=O) groups excluding carboxylic acids is 2. The Kier molecular flexibility index (Phi) is 7.13. The summed E-state index contributed by atoms with van der Waals surface area (Å²) in [5, 5.41) is 0.880. The molecule has 0 aliphatic carbocycles. The molecule has 6 heteroatoms. The molecule has 0 N–H and O–H groups in total. The molecule has 0 amide bonds. The van der Waals surface area contributed by atoms with E-state index in [9.17, 15) is 9.59 Å². The van der Waals surface area contributed by atoms with Gasteiger partial charge in [-0.2, -0.15) is 0 Å². The number of aryl methyl sites for hydroxylation is 1. The molecule has 0 unspecified atom stereocenters. The van der Waals surface area contributed by atoms with Gasteiger partial charge in [0.1, 0.15) is 5.75 Å². The van der Waals surface area contributed by atoms with E-state index in [0.717, 1.165) is 22.9 Å². The summed E-state index contributed by atoms with van der Waals surface area (Å²) in [6.45, 7) is 9.50. The molecule has 168 valence electrons. The van der Waals surface area contributed by atoms with Crippen molar-refractivity contribution in [2.45, 2.75) is 46.6 Å². The zero-order valence-corrected chi connectivity index (χ0v) is 19.2. The maximum absolute atomic E-state index is 12.7. The van der Waals surface area contributed by atoms with Crippen LogP contribution in [0, 0.1) is 0 Å². The highest BCUT2D eigenvalue weighted by Crippen LogP contribution is 2.29. The molecule has 0 aliphatic rings. The molecule has 0 spiro atoms. The summed E-state index contributed by atoms with van der Waals surface area (Å²) in [6.07, 6.45) is 0.898. The lowest BCUT2D eigenvalue weighted by atomic mass is 10.0. The van der Waals surface area contributed by atoms with Crippen molar-refractivity contribution >= 4 is 22.8 Å². The first-order valence-electron chi connectivity index (χ1n) is 10.9. The van der Waals surface area contributed by atoms with Crippen molar-refractivity contribution in [3.63, 3.8) is 0 Å². The number of hydrogen-bond acceptors (Lipinski definition) is 6. The Morgan fingerprint density at radius 3 is 2.22 bits per heavy atom. The van der Waals surface area contributed by atoms with Gasteiger partial charge >= 0.3 is 11.9 Å². The summed E-state index contributed by atoms with van der Waals surface area (Å²) in [5.41, 5.74) is 2.56. The van der Waals surface area contributed by atoms with E-state index in [4.69, 9.17) is 19.2 Å². The highest BCUT2D eigenvalue weighted by molar-refractivity contribution is 6.00. The van der Waals surface area contributed by atoms with Gasteiger partial charge in [0.05, 0.1) is 30.0 Å². The Labute approximate surface area is 188 Å². The number of fused-ring (bicyclic) bond motifs is 1. The third-order valence-electron chi connectivity index (χ3n) is 5.05. The summed E-state index contributed by atoms with van der Waals surface area (Å²) in [4.78, 5) is 29.6. The molecule has 0 atom stereocenters. The Morgan fingerprint density at radius 1 is 0.906 bits per heavy atom. The first kappa shape index (κ1) is 23.3. The number of pyridine rings is 1. The largest absolute Gasteiger partial charge is 0.476 e. The molecule has 0 saturated heterocycles. The van der Waals surface area contributed by atoms with Gasteiger partial charge in [-0.05, 0) is 76.1 Å². The number of benzene rings is 2. The van der Waals surface area contributed by atoms with Crippen LogP contribution in [-0.4, -0.2) is 35.7 Å². The molecule has 32 heavy (non-hydrogen) atoms.